The fraction of sp³-hybridized carbons (Fsp3) is 0.158. The van der Waals surface area contributed by atoms with E-state index < -0.39 is 44.9 Å². The molecule has 150 valence electrons. The van der Waals surface area contributed by atoms with Crippen molar-refractivity contribution in [2.75, 3.05) is 5.32 Å². The Kier molecular flexibility index (Phi) is 5.34. The summed E-state index contributed by atoms with van der Waals surface area (Å²) in [7, 11) is 0. The highest BCUT2D eigenvalue weighted by molar-refractivity contribution is 6.35. The molecule has 0 bridgehead atoms. The quantitative estimate of drug-likeness (QED) is 0.344. The van der Waals surface area contributed by atoms with Crippen LogP contribution in [0.2, 0.25) is 5.02 Å². The molecule has 2 N–H and O–H groups in total. The van der Waals surface area contributed by atoms with Crippen molar-refractivity contribution < 1.29 is 18.5 Å². The Bertz CT molecular complexity index is 1220. The van der Waals surface area contributed by atoms with Gasteiger partial charge in [-0.2, -0.15) is 0 Å². The van der Waals surface area contributed by atoms with Crippen LogP contribution in [0.3, 0.4) is 0 Å². The zero-order valence-electron chi connectivity index (χ0n) is 15.2. The second-order valence-electron chi connectivity index (χ2n) is 6.55. The number of carbonyl (C=O) groups is 1. The van der Waals surface area contributed by atoms with Crippen LogP contribution in [0.15, 0.2) is 35.1 Å². The van der Waals surface area contributed by atoms with E-state index in [0.29, 0.717) is 6.07 Å². The average Bonchev–Trinajstić information content (AvgIpc) is 2.64. The first-order valence-electron chi connectivity index (χ1n) is 8.41. The molecule has 0 atom stereocenters. The van der Waals surface area contributed by atoms with E-state index in [9.17, 15) is 28.5 Å². The smallest absolute Gasteiger partial charge is 0.282 e. The summed E-state index contributed by atoms with van der Waals surface area (Å²) < 4.78 is 27.3. The summed E-state index contributed by atoms with van der Waals surface area (Å²) in [5, 5.41) is 13.6. The number of nitrogens with one attached hydrogen (secondary N) is 2. The third kappa shape index (κ3) is 3.68. The maximum Gasteiger partial charge on any atom is 0.282 e. The lowest BCUT2D eigenvalue weighted by molar-refractivity contribution is -0.383. The third-order valence-corrected chi connectivity index (χ3v) is 4.56. The van der Waals surface area contributed by atoms with Gasteiger partial charge in [-0.05, 0) is 18.2 Å². The van der Waals surface area contributed by atoms with Crippen molar-refractivity contribution >= 4 is 45.5 Å². The Labute approximate surface area is 167 Å². The summed E-state index contributed by atoms with van der Waals surface area (Å²) in [5.41, 5.74) is -2.15. The molecule has 0 radical (unpaired) electrons. The molecule has 0 saturated heterocycles. The topological polar surface area (TPSA) is 105 Å². The van der Waals surface area contributed by atoms with Crippen molar-refractivity contribution in [3.8, 4) is 0 Å². The standard InChI is InChI=1S/C19H14ClF2N3O4/c1-8(2)17(26)15-18(27)14-13(25(28)29)6-4-10(20)16(14)24-19(15)23-12-5-3-9(21)7-11(12)22/h3-8H,1-2H3,(H2,23,24,27). The van der Waals surface area contributed by atoms with E-state index >= 15 is 0 Å². The van der Waals surface area contributed by atoms with Crippen LogP contribution in [0.1, 0.15) is 24.2 Å². The molecule has 0 saturated carbocycles. The highest BCUT2D eigenvalue weighted by Gasteiger charge is 2.27. The monoisotopic (exact) mass is 421 g/mol. The average molecular weight is 422 g/mol. The maximum atomic E-state index is 14.1. The van der Waals surface area contributed by atoms with Gasteiger partial charge in [0.25, 0.3) is 5.69 Å². The number of hydrogen-bond acceptors (Lipinski definition) is 5. The molecular formula is C19H14ClF2N3O4. The van der Waals surface area contributed by atoms with Crippen molar-refractivity contribution in [1.29, 1.82) is 0 Å². The molecule has 10 heteroatoms. The Morgan fingerprint density at radius 3 is 2.52 bits per heavy atom. The van der Waals surface area contributed by atoms with Crippen LogP contribution in [0.5, 0.6) is 0 Å². The number of Topliss-reactive ketones (excluding diaryl/α,β-unsaturated/α-hetero) is 1. The van der Waals surface area contributed by atoms with Gasteiger partial charge < -0.3 is 10.3 Å². The Balaban J connectivity index is 2.37. The molecule has 3 aromatic rings. The minimum absolute atomic E-state index is 0.00567. The van der Waals surface area contributed by atoms with Crippen LogP contribution in [-0.2, 0) is 0 Å². The van der Waals surface area contributed by atoms with Crippen LogP contribution in [0, 0.1) is 27.7 Å². The molecule has 0 amide bonds. The SMILES string of the molecule is CC(C)C(=O)c1c(Nc2ccc(F)cc2F)[nH]c2c(Cl)ccc([N+](=O)[O-])c2c1=O. The number of hydrogen-bond donors (Lipinski definition) is 2. The first-order valence-corrected chi connectivity index (χ1v) is 8.78. The summed E-state index contributed by atoms with van der Waals surface area (Å²) >= 11 is 6.10. The number of rotatable bonds is 5. The highest BCUT2D eigenvalue weighted by atomic mass is 35.5. The molecule has 3 rings (SSSR count). The van der Waals surface area contributed by atoms with Gasteiger partial charge in [0.15, 0.2) is 5.78 Å². The number of fused-ring (bicyclic) bond motifs is 1. The maximum absolute atomic E-state index is 14.1. The molecule has 1 heterocycles. The van der Waals surface area contributed by atoms with E-state index in [4.69, 9.17) is 11.6 Å². The number of H-pyrrole nitrogens is 1. The lowest BCUT2D eigenvalue weighted by atomic mass is 9.98. The minimum Gasteiger partial charge on any atom is -0.339 e. The number of non-ortho nitro benzene ring substituents is 1. The molecule has 7 nitrogen and oxygen atoms in total. The van der Waals surface area contributed by atoms with Crippen molar-refractivity contribution in [1.82, 2.24) is 4.98 Å². The van der Waals surface area contributed by atoms with Gasteiger partial charge in [0.2, 0.25) is 5.43 Å². The zero-order valence-corrected chi connectivity index (χ0v) is 15.9. The number of aromatic amines is 1. The first-order chi connectivity index (χ1) is 13.6. The number of anilines is 2. The molecule has 0 fully saturated rings. The molecule has 0 aliphatic carbocycles. The normalized spacial score (nSPS) is 11.1. The predicted molar refractivity (Wildman–Crippen MR) is 105 cm³/mol. The Hall–Kier alpha value is -3.33. The fourth-order valence-corrected chi connectivity index (χ4v) is 3.04. The molecule has 2 aromatic carbocycles. The van der Waals surface area contributed by atoms with Crippen molar-refractivity contribution in [3.63, 3.8) is 0 Å². The molecule has 0 spiro atoms. The molecule has 1 aromatic heterocycles. The van der Waals surface area contributed by atoms with Gasteiger partial charge in [-0.15, -0.1) is 0 Å². The van der Waals surface area contributed by atoms with Gasteiger partial charge in [0.1, 0.15) is 28.4 Å². The van der Waals surface area contributed by atoms with Crippen molar-refractivity contribution in [2.24, 2.45) is 5.92 Å². The van der Waals surface area contributed by atoms with Gasteiger partial charge in [0, 0.05) is 18.1 Å². The van der Waals surface area contributed by atoms with Crippen LogP contribution in [-0.4, -0.2) is 15.7 Å². The Morgan fingerprint density at radius 1 is 1.24 bits per heavy atom. The Morgan fingerprint density at radius 2 is 1.93 bits per heavy atom. The number of carbonyl (C=O) groups excluding carboxylic acids is 1. The number of nitrogens with zero attached hydrogens (tertiary/aromatic N) is 1. The van der Waals surface area contributed by atoms with E-state index in [2.05, 4.69) is 10.3 Å². The summed E-state index contributed by atoms with van der Waals surface area (Å²) in [6, 6.07) is 5.00. The van der Waals surface area contributed by atoms with Gasteiger partial charge >= 0.3 is 0 Å². The lowest BCUT2D eigenvalue weighted by Gasteiger charge is -2.15. The number of halogens is 3. The van der Waals surface area contributed by atoms with Crippen molar-refractivity contribution in [3.05, 3.63) is 72.9 Å². The van der Waals surface area contributed by atoms with E-state index in [1.807, 2.05) is 0 Å². The molecule has 0 aliphatic heterocycles. The number of nitro benzene ring substituents is 1. The molecule has 0 aliphatic rings. The molecular weight excluding hydrogens is 408 g/mol. The van der Waals surface area contributed by atoms with E-state index in [1.165, 1.54) is 6.07 Å². The van der Waals surface area contributed by atoms with Crippen molar-refractivity contribution in [2.45, 2.75) is 13.8 Å². The van der Waals surface area contributed by atoms with Gasteiger partial charge in [-0.25, -0.2) is 8.78 Å². The fourth-order valence-electron chi connectivity index (χ4n) is 2.84. The van der Waals surface area contributed by atoms with Crippen LogP contribution < -0.4 is 10.7 Å². The third-order valence-electron chi connectivity index (χ3n) is 4.24. The predicted octanol–water partition coefficient (Wildman–Crippen LogP) is 4.95. The summed E-state index contributed by atoms with van der Waals surface area (Å²) in [6.07, 6.45) is 0. The molecule has 29 heavy (non-hydrogen) atoms. The summed E-state index contributed by atoms with van der Waals surface area (Å²) in [5.74, 6) is -3.22. The highest BCUT2D eigenvalue weighted by Crippen LogP contribution is 2.32. The molecule has 0 unspecified atom stereocenters. The first kappa shape index (κ1) is 20.4. The summed E-state index contributed by atoms with van der Waals surface area (Å²) in [6.45, 7) is 3.08. The van der Waals surface area contributed by atoms with E-state index in [-0.39, 0.29) is 27.4 Å². The second-order valence-corrected chi connectivity index (χ2v) is 6.95. The van der Waals surface area contributed by atoms with Gasteiger partial charge in [0.05, 0.1) is 21.2 Å². The number of benzene rings is 2. The second kappa shape index (κ2) is 7.59. The van der Waals surface area contributed by atoms with E-state index in [0.717, 1.165) is 18.2 Å². The number of ketones is 1. The van der Waals surface area contributed by atoms with Crippen LogP contribution >= 0.6 is 11.6 Å². The summed E-state index contributed by atoms with van der Waals surface area (Å²) in [4.78, 5) is 39.1. The zero-order chi connectivity index (χ0) is 21.5. The number of aromatic nitrogens is 1. The largest absolute Gasteiger partial charge is 0.339 e. The lowest BCUT2D eigenvalue weighted by Crippen LogP contribution is -2.23. The van der Waals surface area contributed by atoms with Crippen LogP contribution in [0.4, 0.5) is 26.0 Å². The van der Waals surface area contributed by atoms with Gasteiger partial charge in [-0.1, -0.05) is 25.4 Å². The number of nitro groups is 1. The van der Waals surface area contributed by atoms with Crippen LogP contribution in [0.25, 0.3) is 10.9 Å². The van der Waals surface area contributed by atoms with E-state index in [1.54, 1.807) is 13.8 Å². The van der Waals surface area contributed by atoms with Gasteiger partial charge in [-0.3, -0.25) is 19.7 Å². The minimum atomic E-state index is -0.959. The number of pyridine rings is 1.